The molecule has 1 nitrogen and oxygen atoms in total. The second-order valence-corrected chi connectivity index (χ2v) is 3.53. The molecule has 0 aromatic rings. The van der Waals surface area contributed by atoms with Gasteiger partial charge in [-0.25, -0.2) is 0 Å². The van der Waals surface area contributed by atoms with E-state index in [1.807, 2.05) is 6.92 Å². The molecule has 0 N–H and O–H groups in total. The maximum Gasteiger partial charge on any atom is 0.0573 e. The highest BCUT2D eigenvalue weighted by Crippen LogP contribution is 2.17. The van der Waals surface area contributed by atoms with Crippen LogP contribution >= 0.6 is 0 Å². The topological polar surface area (TPSA) is 3.01 Å². The first-order chi connectivity index (χ1) is 6.11. The van der Waals surface area contributed by atoms with Gasteiger partial charge in [-0.2, -0.15) is 0 Å². The third-order valence-corrected chi connectivity index (χ3v) is 2.21. The van der Waals surface area contributed by atoms with E-state index in [0.29, 0.717) is 0 Å². The Morgan fingerprint density at radius 1 is 1.38 bits per heavy atom. The number of hydrogen-bond donors (Lipinski definition) is 0. The van der Waals surface area contributed by atoms with Crippen LogP contribution in [0.3, 0.4) is 0 Å². The fourth-order valence-corrected chi connectivity index (χ4v) is 0.896. The van der Waals surface area contributed by atoms with Gasteiger partial charge >= 0.3 is 0 Å². The first kappa shape index (κ1) is 9.85. The second-order valence-electron chi connectivity index (χ2n) is 3.53. The fraction of sp³-hybridized carbons (Fsp3) is 0.333. The summed E-state index contributed by atoms with van der Waals surface area (Å²) in [4.78, 5) is 2.21. The lowest BCUT2D eigenvalue weighted by Gasteiger charge is -1.93. The highest BCUT2D eigenvalue weighted by molar-refractivity contribution is 5.30. The minimum Gasteiger partial charge on any atom is -0.371 e. The third kappa shape index (κ3) is 3.32. The van der Waals surface area contributed by atoms with Crippen LogP contribution in [-0.2, 0) is 0 Å². The SMILES string of the molecule is C=C(C)C(C)=CC=CC=C1CN1C. The molecule has 1 heteroatoms. The maximum atomic E-state index is 3.87. The van der Waals surface area contributed by atoms with Crippen molar-refractivity contribution in [2.24, 2.45) is 0 Å². The van der Waals surface area contributed by atoms with Crippen LogP contribution < -0.4 is 0 Å². The summed E-state index contributed by atoms with van der Waals surface area (Å²) in [5.41, 5.74) is 3.76. The quantitative estimate of drug-likeness (QED) is 0.471. The van der Waals surface area contributed by atoms with Crippen molar-refractivity contribution in [2.45, 2.75) is 13.8 Å². The van der Waals surface area contributed by atoms with E-state index in [4.69, 9.17) is 0 Å². The van der Waals surface area contributed by atoms with Gasteiger partial charge in [0.2, 0.25) is 0 Å². The van der Waals surface area contributed by atoms with Crippen molar-refractivity contribution < 1.29 is 0 Å². The van der Waals surface area contributed by atoms with Crippen LogP contribution in [0.2, 0.25) is 0 Å². The smallest absolute Gasteiger partial charge is 0.0573 e. The Bertz CT molecular complexity index is 292. The zero-order chi connectivity index (χ0) is 9.84. The average Bonchev–Trinajstić information content (AvgIpc) is 2.75. The van der Waals surface area contributed by atoms with Gasteiger partial charge in [0.1, 0.15) is 0 Å². The first-order valence-corrected chi connectivity index (χ1v) is 4.52. The lowest BCUT2D eigenvalue weighted by molar-refractivity contribution is 0.729. The van der Waals surface area contributed by atoms with Crippen LogP contribution in [0.1, 0.15) is 13.8 Å². The van der Waals surface area contributed by atoms with Gasteiger partial charge in [-0.05, 0) is 25.5 Å². The van der Waals surface area contributed by atoms with Crippen molar-refractivity contribution in [1.82, 2.24) is 4.90 Å². The molecule has 0 saturated carbocycles. The third-order valence-electron chi connectivity index (χ3n) is 2.21. The fourth-order valence-electron chi connectivity index (χ4n) is 0.896. The Morgan fingerprint density at radius 2 is 2.00 bits per heavy atom. The van der Waals surface area contributed by atoms with Crippen LogP contribution in [0.5, 0.6) is 0 Å². The molecule has 0 amide bonds. The number of hydrogen-bond acceptors (Lipinski definition) is 1. The molecular weight excluding hydrogens is 158 g/mol. The van der Waals surface area contributed by atoms with Gasteiger partial charge in [0.15, 0.2) is 0 Å². The molecule has 1 fully saturated rings. The summed E-state index contributed by atoms with van der Waals surface area (Å²) < 4.78 is 0. The van der Waals surface area contributed by atoms with E-state index in [1.165, 1.54) is 11.3 Å². The van der Waals surface area contributed by atoms with Crippen molar-refractivity contribution >= 4 is 0 Å². The highest BCUT2D eigenvalue weighted by atomic mass is 15.2. The summed E-state index contributed by atoms with van der Waals surface area (Å²) in [5.74, 6) is 0. The molecular formula is C12H17N. The summed E-state index contributed by atoms with van der Waals surface area (Å²) in [5, 5.41) is 0. The number of likely N-dealkylation sites (N-methyl/N-ethyl adjacent to an activating group) is 1. The summed E-state index contributed by atoms with van der Waals surface area (Å²) in [6.45, 7) is 9.08. The molecule has 0 unspecified atom stereocenters. The zero-order valence-corrected chi connectivity index (χ0v) is 8.67. The standard InChI is InChI=1S/C12H17N/c1-10(2)11(3)7-5-6-8-12-9-13(12)4/h5-8H,1,9H2,2-4H3. The monoisotopic (exact) mass is 175 g/mol. The lowest BCUT2D eigenvalue weighted by Crippen LogP contribution is -1.76. The van der Waals surface area contributed by atoms with E-state index in [-0.39, 0.29) is 0 Å². The molecule has 0 aromatic carbocycles. The van der Waals surface area contributed by atoms with Gasteiger partial charge in [-0.15, -0.1) is 0 Å². The van der Waals surface area contributed by atoms with E-state index in [2.05, 4.69) is 49.8 Å². The van der Waals surface area contributed by atoms with Gasteiger partial charge in [0, 0.05) is 12.7 Å². The van der Waals surface area contributed by atoms with E-state index in [9.17, 15) is 0 Å². The normalized spacial score (nSPS) is 20.1. The molecule has 0 atom stereocenters. The molecule has 13 heavy (non-hydrogen) atoms. The van der Waals surface area contributed by atoms with Gasteiger partial charge in [0.25, 0.3) is 0 Å². The van der Waals surface area contributed by atoms with Crippen LogP contribution in [0.15, 0.2) is 47.7 Å². The molecule has 0 aliphatic carbocycles. The Kier molecular flexibility index (Phi) is 3.13. The minimum absolute atomic E-state index is 1.12. The average molecular weight is 175 g/mol. The van der Waals surface area contributed by atoms with E-state index < -0.39 is 0 Å². The number of rotatable bonds is 3. The van der Waals surface area contributed by atoms with Gasteiger partial charge < -0.3 is 4.90 Å². The van der Waals surface area contributed by atoms with E-state index >= 15 is 0 Å². The Morgan fingerprint density at radius 3 is 2.46 bits per heavy atom. The summed E-state index contributed by atoms with van der Waals surface area (Å²) >= 11 is 0. The maximum absolute atomic E-state index is 3.87. The Hall–Kier alpha value is -1.24. The van der Waals surface area contributed by atoms with Crippen LogP contribution in [0, 0.1) is 0 Å². The van der Waals surface area contributed by atoms with Crippen molar-refractivity contribution in [1.29, 1.82) is 0 Å². The largest absolute Gasteiger partial charge is 0.371 e. The summed E-state index contributed by atoms with van der Waals surface area (Å²) in [7, 11) is 2.09. The van der Waals surface area contributed by atoms with Crippen LogP contribution in [-0.4, -0.2) is 18.5 Å². The van der Waals surface area contributed by atoms with Crippen LogP contribution in [0.4, 0.5) is 0 Å². The van der Waals surface area contributed by atoms with Crippen molar-refractivity contribution in [3.63, 3.8) is 0 Å². The molecule has 70 valence electrons. The van der Waals surface area contributed by atoms with Crippen LogP contribution in [0.25, 0.3) is 0 Å². The first-order valence-electron chi connectivity index (χ1n) is 4.52. The van der Waals surface area contributed by atoms with Gasteiger partial charge in [0.05, 0.1) is 6.54 Å². The van der Waals surface area contributed by atoms with Crippen molar-refractivity contribution in [2.75, 3.05) is 13.6 Å². The molecule has 1 saturated heterocycles. The number of nitrogens with zero attached hydrogens (tertiary/aromatic N) is 1. The molecule has 0 radical (unpaired) electrons. The molecule has 0 spiro atoms. The summed E-state index contributed by atoms with van der Waals surface area (Å²) in [6, 6.07) is 0. The molecule has 1 heterocycles. The highest BCUT2D eigenvalue weighted by Gasteiger charge is 2.17. The zero-order valence-electron chi connectivity index (χ0n) is 8.67. The minimum atomic E-state index is 1.12. The van der Waals surface area contributed by atoms with Crippen molar-refractivity contribution in [3.05, 3.63) is 47.7 Å². The molecule has 0 aromatic heterocycles. The molecule has 1 rings (SSSR count). The second kappa shape index (κ2) is 4.13. The predicted octanol–water partition coefficient (Wildman–Crippen LogP) is 2.89. The van der Waals surface area contributed by atoms with Gasteiger partial charge in [-0.1, -0.05) is 30.4 Å². The van der Waals surface area contributed by atoms with E-state index in [0.717, 1.165) is 12.1 Å². The predicted molar refractivity (Wildman–Crippen MR) is 58.4 cm³/mol. The molecule has 1 aliphatic rings. The van der Waals surface area contributed by atoms with Gasteiger partial charge in [-0.3, -0.25) is 0 Å². The summed E-state index contributed by atoms with van der Waals surface area (Å²) in [6.07, 6.45) is 8.36. The molecule has 1 aliphatic heterocycles. The Balaban J connectivity index is 2.41. The lowest BCUT2D eigenvalue weighted by atomic mass is 10.1. The number of allylic oxidation sites excluding steroid dienone is 6. The Labute approximate surface area is 80.7 Å². The van der Waals surface area contributed by atoms with E-state index in [1.54, 1.807) is 0 Å². The van der Waals surface area contributed by atoms with Crippen molar-refractivity contribution in [3.8, 4) is 0 Å². The molecule has 0 bridgehead atoms.